The molecule has 0 saturated carbocycles. The number of aromatic nitrogens is 2. The minimum Gasteiger partial charge on any atom is -0.494 e. The van der Waals surface area contributed by atoms with Crippen molar-refractivity contribution >= 4 is 23.0 Å². The average molecular weight is 466 g/mol. The normalized spacial score (nSPS) is 18.0. The molecule has 1 aromatic carbocycles. The van der Waals surface area contributed by atoms with Crippen molar-refractivity contribution in [3.63, 3.8) is 0 Å². The zero-order valence-electron chi connectivity index (χ0n) is 19.3. The number of non-ortho nitro benzene ring substituents is 1. The lowest BCUT2D eigenvalue weighted by Gasteiger charge is -2.31. The maximum atomic E-state index is 11.2. The summed E-state index contributed by atoms with van der Waals surface area (Å²) in [5.41, 5.74) is 4.79. The van der Waals surface area contributed by atoms with Crippen LogP contribution in [0.4, 0.5) is 5.69 Å². The highest BCUT2D eigenvalue weighted by Crippen LogP contribution is 2.43. The molecule has 1 aliphatic rings. The van der Waals surface area contributed by atoms with Crippen molar-refractivity contribution < 1.29 is 9.66 Å². The van der Waals surface area contributed by atoms with E-state index >= 15 is 0 Å². The van der Waals surface area contributed by atoms with Gasteiger partial charge in [0.05, 0.1) is 41.6 Å². The summed E-state index contributed by atoms with van der Waals surface area (Å²) in [5.74, 6) is 0.444. The van der Waals surface area contributed by atoms with Gasteiger partial charge in [0.15, 0.2) is 5.11 Å². The number of pyridine rings is 1. The van der Waals surface area contributed by atoms with Gasteiger partial charge < -0.3 is 19.5 Å². The van der Waals surface area contributed by atoms with Gasteiger partial charge in [-0.1, -0.05) is 6.07 Å². The quantitative estimate of drug-likeness (QED) is 0.318. The molecule has 3 heterocycles. The van der Waals surface area contributed by atoms with E-state index in [1.807, 2.05) is 25.1 Å². The van der Waals surface area contributed by atoms with E-state index in [0.717, 1.165) is 28.3 Å². The highest BCUT2D eigenvalue weighted by atomic mass is 32.1. The second-order valence-corrected chi connectivity index (χ2v) is 8.79. The summed E-state index contributed by atoms with van der Waals surface area (Å²) in [4.78, 5) is 17.6. The molecule has 1 aliphatic heterocycles. The molecule has 4 rings (SSSR count). The van der Waals surface area contributed by atoms with Gasteiger partial charge in [0.25, 0.3) is 5.69 Å². The molecular weight excluding hydrogens is 438 g/mol. The Balaban J connectivity index is 1.87. The van der Waals surface area contributed by atoms with Crippen molar-refractivity contribution in [3.05, 3.63) is 81.4 Å². The van der Waals surface area contributed by atoms with E-state index in [1.165, 1.54) is 19.2 Å². The highest BCUT2D eigenvalue weighted by molar-refractivity contribution is 7.80. The maximum absolute atomic E-state index is 11.2. The number of rotatable bonds is 6. The first kappa shape index (κ1) is 22.7. The van der Waals surface area contributed by atoms with Crippen molar-refractivity contribution in [3.8, 4) is 11.4 Å². The van der Waals surface area contributed by atoms with E-state index in [4.69, 9.17) is 17.0 Å². The molecule has 0 amide bonds. The molecule has 1 N–H and O–H groups in total. The predicted molar refractivity (Wildman–Crippen MR) is 131 cm³/mol. The van der Waals surface area contributed by atoms with Crippen LogP contribution in [0, 0.1) is 24.0 Å². The van der Waals surface area contributed by atoms with Crippen molar-refractivity contribution in [1.29, 1.82) is 0 Å². The molecule has 0 unspecified atom stereocenters. The van der Waals surface area contributed by atoms with Crippen LogP contribution >= 0.6 is 12.2 Å². The molecule has 33 heavy (non-hydrogen) atoms. The predicted octanol–water partition coefficient (Wildman–Crippen LogP) is 4.79. The summed E-state index contributed by atoms with van der Waals surface area (Å²) >= 11 is 5.72. The lowest BCUT2D eigenvalue weighted by molar-refractivity contribution is -0.384. The first-order valence-corrected chi connectivity index (χ1v) is 11.2. The van der Waals surface area contributed by atoms with Gasteiger partial charge >= 0.3 is 0 Å². The van der Waals surface area contributed by atoms with Gasteiger partial charge in [-0.3, -0.25) is 15.1 Å². The van der Waals surface area contributed by atoms with Crippen LogP contribution in [0.25, 0.3) is 5.69 Å². The maximum Gasteiger partial charge on any atom is 0.273 e. The minimum absolute atomic E-state index is 0.00942. The van der Waals surface area contributed by atoms with Crippen LogP contribution in [0.15, 0.2) is 48.7 Å². The number of nitro benzene ring substituents is 1. The number of benzene rings is 1. The Morgan fingerprint density at radius 1 is 1.21 bits per heavy atom. The Morgan fingerprint density at radius 2 is 1.97 bits per heavy atom. The van der Waals surface area contributed by atoms with Crippen molar-refractivity contribution in [2.45, 2.75) is 45.8 Å². The highest BCUT2D eigenvalue weighted by Gasteiger charge is 2.42. The lowest BCUT2D eigenvalue weighted by atomic mass is 9.96. The zero-order valence-corrected chi connectivity index (χ0v) is 20.1. The van der Waals surface area contributed by atoms with E-state index in [9.17, 15) is 10.1 Å². The van der Waals surface area contributed by atoms with E-state index in [2.05, 4.69) is 46.6 Å². The summed E-state index contributed by atoms with van der Waals surface area (Å²) < 4.78 is 7.60. The number of aryl methyl sites for hydroxylation is 1. The first-order chi connectivity index (χ1) is 15.7. The van der Waals surface area contributed by atoms with Crippen LogP contribution in [0.1, 0.15) is 48.6 Å². The van der Waals surface area contributed by atoms with Crippen LogP contribution in [0.3, 0.4) is 0 Å². The summed E-state index contributed by atoms with van der Waals surface area (Å²) in [6, 6.07) is 12.8. The number of hydrogen-bond acceptors (Lipinski definition) is 5. The van der Waals surface area contributed by atoms with Crippen molar-refractivity contribution in [2.75, 3.05) is 7.11 Å². The Bertz CT molecular complexity index is 1210. The number of hydrogen-bond donors (Lipinski definition) is 1. The second kappa shape index (κ2) is 8.82. The Hall–Kier alpha value is -3.46. The van der Waals surface area contributed by atoms with Gasteiger partial charge in [0, 0.05) is 29.7 Å². The van der Waals surface area contributed by atoms with E-state index < -0.39 is 4.92 Å². The number of ether oxygens (including phenoxy) is 1. The first-order valence-electron chi connectivity index (χ1n) is 10.8. The SMILES string of the molecule is COc1cc([N+](=O)[O-])ccc1-n1c(C)cc([C@H]2[C@@H](c3ccccn3)NC(=S)N2C(C)C)c1C. The molecule has 0 radical (unpaired) electrons. The number of nitrogens with zero attached hydrogens (tertiary/aromatic N) is 4. The summed E-state index contributed by atoms with van der Waals surface area (Å²) in [7, 11) is 1.52. The van der Waals surface area contributed by atoms with Crippen LogP contribution in [-0.2, 0) is 0 Å². The van der Waals surface area contributed by atoms with Gasteiger partial charge in [-0.15, -0.1) is 0 Å². The fourth-order valence-corrected chi connectivity index (χ4v) is 5.13. The third-order valence-corrected chi connectivity index (χ3v) is 6.42. The van der Waals surface area contributed by atoms with Gasteiger partial charge in [-0.2, -0.15) is 0 Å². The second-order valence-electron chi connectivity index (χ2n) is 8.40. The van der Waals surface area contributed by atoms with E-state index in [1.54, 1.807) is 12.3 Å². The van der Waals surface area contributed by atoms with Crippen LogP contribution in [-0.4, -0.2) is 37.6 Å². The van der Waals surface area contributed by atoms with Gasteiger partial charge in [-0.25, -0.2) is 0 Å². The average Bonchev–Trinajstić information content (AvgIpc) is 3.29. The number of nitro groups is 1. The standard InChI is InChI=1S/C24H27N5O3S/c1-14(2)27-23(22(26-24(27)33)19-8-6-7-11-25-19)18-12-15(3)28(16(18)4)20-10-9-17(29(30)31)13-21(20)32-5/h6-14,22-23H,1-5H3,(H,26,33)/t22-,23+/m1/s1. The molecule has 0 bridgehead atoms. The molecule has 2 aromatic heterocycles. The molecule has 0 spiro atoms. The Labute approximate surface area is 198 Å². The summed E-state index contributed by atoms with van der Waals surface area (Å²) in [6.45, 7) is 8.33. The fraction of sp³-hybridized carbons (Fsp3) is 0.333. The van der Waals surface area contributed by atoms with Crippen molar-refractivity contribution in [1.82, 2.24) is 19.8 Å². The lowest BCUT2D eigenvalue weighted by Crippen LogP contribution is -2.35. The molecule has 172 valence electrons. The van der Waals surface area contributed by atoms with Gasteiger partial charge in [0.1, 0.15) is 5.75 Å². The number of thiocarbonyl (C=S) groups is 1. The van der Waals surface area contributed by atoms with E-state index in [-0.39, 0.29) is 23.8 Å². The van der Waals surface area contributed by atoms with Crippen LogP contribution in [0.2, 0.25) is 0 Å². The fourth-order valence-electron chi connectivity index (χ4n) is 4.68. The molecule has 3 aromatic rings. The number of nitrogens with one attached hydrogen (secondary N) is 1. The smallest absolute Gasteiger partial charge is 0.273 e. The number of methoxy groups -OCH3 is 1. The Morgan fingerprint density at radius 3 is 2.58 bits per heavy atom. The van der Waals surface area contributed by atoms with E-state index in [0.29, 0.717) is 10.9 Å². The van der Waals surface area contributed by atoms with Crippen molar-refractivity contribution in [2.24, 2.45) is 0 Å². The molecule has 0 aliphatic carbocycles. The molecule has 1 fully saturated rings. The summed E-state index contributed by atoms with van der Waals surface area (Å²) in [6.07, 6.45) is 1.79. The Kier molecular flexibility index (Phi) is 6.07. The molecule has 8 nitrogen and oxygen atoms in total. The summed E-state index contributed by atoms with van der Waals surface area (Å²) in [5, 5.41) is 15.4. The monoisotopic (exact) mass is 465 g/mol. The van der Waals surface area contributed by atoms with Crippen LogP contribution < -0.4 is 10.1 Å². The topological polar surface area (TPSA) is 85.5 Å². The minimum atomic E-state index is -0.420. The third-order valence-electron chi connectivity index (χ3n) is 6.10. The largest absolute Gasteiger partial charge is 0.494 e. The third kappa shape index (κ3) is 3.93. The van der Waals surface area contributed by atoms with Gasteiger partial charge in [0.2, 0.25) is 0 Å². The molecule has 9 heteroatoms. The molecule has 1 saturated heterocycles. The zero-order chi connectivity index (χ0) is 23.9. The molecular formula is C24H27N5O3S. The van der Waals surface area contributed by atoms with Crippen LogP contribution in [0.5, 0.6) is 5.75 Å². The molecule has 2 atom stereocenters. The van der Waals surface area contributed by atoms with Gasteiger partial charge in [-0.05, 0) is 69.7 Å².